The molecular formula is C26H35N5O5. The van der Waals surface area contributed by atoms with Crippen molar-refractivity contribution in [3.8, 4) is 17.2 Å². The number of fused-ring (bicyclic) bond motifs is 1. The Balaban J connectivity index is 1.56. The van der Waals surface area contributed by atoms with Crippen LogP contribution < -0.4 is 15.4 Å². The molecule has 0 radical (unpaired) electrons. The van der Waals surface area contributed by atoms with Gasteiger partial charge in [-0.2, -0.15) is 4.98 Å². The molecule has 2 aliphatic rings. The van der Waals surface area contributed by atoms with E-state index in [1.165, 1.54) is 12.8 Å². The summed E-state index contributed by atoms with van der Waals surface area (Å²) in [7, 11) is 0. The molecule has 0 amide bonds. The first-order valence-corrected chi connectivity index (χ1v) is 12.7. The van der Waals surface area contributed by atoms with Crippen molar-refractivity contribution in [3.63, 3.8) is 0 Å². The van der Waals surface area contributed by atoms with Gasteiger partial charge in [0.2, 0.25) is 11.8 Å². The minimum absolute atomic E-state index is 0.199. The van der Waals surface area contributed by atoms with E-state index in [1.54, 1.807) is 0 Å². The number of aliphatic hydroxyl groups is 3. The summed E-state index contributed by atoms with van der Waals surface area (Å²) in [5, 5.41) is 38.2. The Kier molecular flexibility index (Phi) is 6.76. The Hall–Kier alpha value is -2.95. The zero-order valence-electron chi connectivity index (χ0n) is 21.2. The monoisotopic (exact) mass is 497 g/mol. The fourth-order valence-electron chi connectivity index (χ4n) is 5.10. The molecule has 5 atom stereocenters. The maximum atomic E-state index is 10.7. The largest absolute Gasteiger partial charge is 0.478 e. The minimum Gasteiger partial charge on any atom is -0.478 e. The maximum absolute atomic E-state index is 10.7. The Labute approximate surface area is 210 Å². The molecule has 5 N–H and O–H groups in total. The predicted octanol–water partition coefficient (Wildman–Crippen LogP) is 3.03. The van der Waals surface area contributed by atoms with E-state index in [9.17, 15) is 15.3 Å². The number of nitrogens with one attached hydrogen (secondary N) is 2. The fourth-order valence-corrected chi connectivity index (χ4v) is 5.10. The summed E-state index contributed by atoms with van der Waals surface area (Å²) in [6, 6.07) is 3.52. The summed E-state index contributed by atoms with van der Waals surface area (Å²) in [5.74, 6) is 2.31. The van der Waals surface area contributed by atoms with Gasteiger partial charge in [-0.3, -0.25) is 0 Å². The Morgan fingerprint density at radius 2 is 1.89 bits per heavy atom. The van der Waals surface area contributed by atoms with Crippen molar-refractivity contribution in [3.05, 3.63) is 23.5 Å². The van der Waals surface area contributed by atoms with E-state index in [0.717, 1.165) is 5.39 Å². The fraction of sp³-hybridized carbons (Fsp3) is 0.577. The van der Waals surface area contributed by atoms with Gasteiger partial charge in [-0.1, -0.05) is 0 Å². The molecule has 10 heteroatoms. The quantitative estimate of drug-likeness (QED) is 0.299. The first kappa shape index (κ1) is 24.7. The number of aromatic nitrogens is 3. The summed E-state index contributed by atoms with van der Waals surface area (Å²) in [6.07, 6.45) is 0.748. The molecule has 3 aromatic rings. The number of aryl methyl sites for hydroxylation is 2. The van der Waals surface area contributed by atoms with Gasteiger partial charge in [0, 0.05) is 30.0 Å². The van der Waals surface area contributed by atoms with Crippen LogP contribution in [0, 0.1) is 25.7 Å². The Morgan fingerprint density at radius 1 is 1.11 bits per heavy atom. The van der Waals surface area contributed by atoms with Crippen LogP contribution in [-0.4, -0.2) is 67.8 Å². The van der Waals surface area contributed by atoms with Crippen LogP contribution in [0.5, 0.6) is 5.88 Å². The third-order valence-corrected chi connectivity index (χ3v) is 7.32. The van der Waals surface area contributed by atoms with Crippen molar-refractivity contribution in [2.45, 2.75) is 71.2 Å². The minimum atomic E-state index is -1.04. The van der Waals surface area contributed by atoms with Crippen LogP contribution in [-0.2, 0) is 0 Å². The van der Waals surface area contributed by atoms with Crippen molar-refractivity contribution >= 4 is 22.7 Å². The number of pyridine rings is 1. The molecule has 5 rings (SSSR count). The van der Waals surface area contributed by atoms with Crippen LogP contribution >= 0.6 is 0 Å². The Bertz CT molecular complexity index is 1240. The van der Waals surface area contributed by atoms with Crippen molar-refractivity contribution < 1.29 is 24.5 Å². The molecule has 0 spiro atoms. The second-order valence-electron chi connectivity index (χ2n) is 10.0. The van der Waals surface area contributed by atoms with Gasteiger partial charge in [0.1, 0.15) is 17.7 Å². The van der Waals surface area contributed by atoms with Crippen LogP contribution in [0.1, 0.15) is 44.5 Å². The number of hydrogen-bond acceptors (Lipinski definition) is 10. The van der Waals surface area contributed by atoms with Gasteiger partial charge in [-0.25, -0.2) is 9.97 Å². The van der Waals surface area contributed by atoms with Crippen LogP contribution in [0.2, 0.25) is 0 Å². The standard InChI is InChI=1S/C26H35N5O5/c1-5-35-20-10-16-9-19(36-24(16)14(4)27-20)21-13(3)29-26(28-12(2)15-6-7-15)31-25(21)30-18-8-17(11-32)22(33)23(18)34/h9-10,12,15,17-18,22-23,32-34H,5-8,11H2,1-4H3,(H2,28,29,30,31). The Morgan fingerprint density at radius 3 is 2.56 bits per heavy atom. The summed E-state index contributed by atoms with van der Waals surface area (Å²) in [4.78, 5) is 14.0. The molecule has 0 aliphatic heterocycles. The summed E-state index contributed by atoms with van der Waals surface area (Å²) < 4.78 is 11.8. The summed E-state index contributed by atoms with van der Waals surface area (Å²) in [6.45, 7) is 8.13. The van der Waals surface area contributed by atoms with Gasteiger partial charge in [0.05, 0.1) is 35.7 Å². The van der Waals surface area contributed by atoms with E-state index in [1.807, 2.05) is 32.9 Å². The first-order valence-electron chi connectivity index (χ1n) is 12.7. The number of hydrogen-bond donors (Lipinski definition) is 5. The highest BCUT2D eigenvalue weighted by Gasteiger charge is 2.41. The summed E-state index contributed by atoms with van der Waals surface area (Å²) >= 11 is 0. The molecule has 10 nitrogen and oxygen atoms in total. The van der Waals surface area contributed by atoms with Gasteiger partial charge in [-0.05, 0) is 58.9 Å². The third-order valence-electron chi connectivity index (χ3n) is 7.32. The lowest BCUT2D eigenvalue weighted by Crippen LogP contribution is -2.36. The SMILES string of the molecule is CCOc1cc2cc(-c3c(C)nc(NC(C)C4CC4)nc3NC3CC(CO)C(O)C3O)oc2c(C)n1. The number of nitrogens with zero attached hydrogens (tertiary/aromatic N) is 3. The molecule has 194 valence electrons. The molecule has 0 aromatic carbocycles. The van der Waals surface area contributed by atoms with Gasteiger partial charge in [0.25, 0.3) is 0 Å². The highest BCUT2D eigenvalue weighted by Crippen LogP contribution is 2.39. The third kappa shape index (κ3) is 4.72. The molecule has 2 saturated carbocycles. The molecule has 0 bridgehead atoms. The lowest BCUT2D eigenvalue weighted by Gasteiger charge is -2.22. The van der Waals surface area contributed by atoms with Crippen LogP contribution in [0.3, 0.4) is 0 Å². The number of furan rings is 1. The van der Waals surface area contributed by atoms with E-state index >= 15 is 0 Å². The van der Waals surface area contributed by atoms with Gasteiger partial charge >= 0.3 is 0 Å². The van der Waals surface area contributed by atoms with E-state index < -0.39 is 24.2 Å². The highest BCUT2D eigenvalue weighted by molar-refractivity contribution is 5.88. The molecule has 0 saturated heterocycles. The van der Waals surface area contributed by atoms with Crippen LogP contribution in [0.25, 0.3) is 22.3 Å². The summed E-state index contributed by atoms with van der Waals surface area (Å²) in [5.41, 5.74) is 2.74. The average molecular weight is 498 g/mol. The zero-order chi connectivity index (χ0) is 25.6. The maximum Gasteiger partial charge on any atom is 0.225 e. The van der Waals surface area contributed by atoms with Crippen molar-refractivity contribution in [2.75, 3.05) is 23.8 Å². The van der Waals surface area contributed by atoms with E-state index in [0.29, 0.717) is 64.9 Å². The second kappa shape index (κ2) is 9.84. The number of aliphatic hydroxyl groups excluding tert-OH is 3. The van der Waals surface area contributed by atoms with E-state index in [-0.39, 0.29) is 12.6 Å². The van der Waals surface area contributed by atoms with E-state index in [4.69, 9.17) is 19.1 Å². The van der Waals surface area contributed by atoms with Crippen LogP contribution in [0.15, 0.2) is 16.5 Å². The molecule has 5 unspecified atom stereocenters. The normalized spacial score (nSPS) is 24.8. The lowest BCUT2D eigenvalue weighted by atomic mass is 10.1. The predicted molar refractivity (Wildman–Crippen MR) is 136 cm³/mol. The molecule has 3 heterocycles. The smallest absolute Gasteiger partial charge is 0.225 e. The second-order valence-corrected chi connectivity index (χ2v) is 10.0. The molecule has 2 fully saturated rings. The average Bonchev–Trinajstić information content (AvgIpc) is 3.55. The van der Waals surface area contributed by atoms with Gasteiger partial charge in [-0.15, -0.1) is 0 Å². The van der Waals surface area contributed by atoms with Gasteiger partial charge < -0.3 is 35.1 Å². The topological polar surface area (TPSA) is 146 Å². The van der Waals surface area contributed by atoms with Crippen molar-refractivity contribution in [1.82, 2.24) is 15.0 Å². The van der Waals surface area contributed by atoms with Crippen molar-refractivity contribution in [1.29, 1.82) is 0 Å². The van der Waals surface area contributed by atoms with Gasteiger partial charge in [0.15, 0.2) is 5.58 Å². The first-order chi connectivity index (χ1) is 17.3. The van der Waals surface area contributed by atoms with Crippen molar-refractivity contribution in [2.24, 2.45) is 11.8 Å². The number of anilines is 2. The molecule has 3 aromatic heterocycles. The number of rotatable bonds is 9. The van der Waals surface area contributed by atoms with E-state index in [2.05, 4.69) is 22.5 Å². The highest BCUT2D eigenvalue weighted by atomic mass is 16.5. The molecular weight excluding hydrogens is 462 g/mol. The lowest BCUT2D eigenvalue weighted by molar-refractivity contribution is 0.00446. The number of ether oxygens (including phenoxy) is 1. The zero-order valence-corrected chi connectivity index (χ0v) is 21.2. The van der Waals surface area contributed by atoms with Crippen LogP contribution in [0.4, 0.5) is 11.8 Å². The molecule has 2 aliphatic carbocycles. The molecule has 36 heavy (non-hydrogen) atoms.